The van der Waals surface area contributed by atoms with Gasteiger partial charge >= 0.3 is 0 Å². The van der Waals surface area contributed by atoms with Crippen LogP contribution in [0.3, 0.4) is 0 Å². The van der Waals surface area contributed by atoms with Gasteiger partial charge in [0.15, 0.2) is 0 Å². The Hall–Kier alpha value is -4.42. The zero-order valence-electron chi connectivity index (χ0n) is 16.9. The standard InChI is InChI=1S/C21H12ClN7O4S/c22-13-5-1-12(2-6-13)17-23-9-15(18(30)24-17)19(31)25-20-26-21-28(27-20)16(10-34-21)11-3-7-14(8-4-11)29(32)33/h1-10H,(H,23,24,30)(H,25,27,31). The first-order chi connectivity index (χ1) is 16.4. The Morgan fingerprint density at radius 1 is 1.12 bits per heavy atom. The zero-order chi connectivity index (χ0) is 23.8. The summed E-state index contributed by atoms with van der Waals surface area (Å²) in [6.07, 6.45) is 1.18. The number of hydrogen-bond donors (Lipinski definition) is 2. The first-order valence-corrected chi connectivity index (χ1v) is 10.9. The first kappa shape index (κ1) is 21.4. The van der Waals surface area contributed by atoms with E-state index in [1.165, 1.54) is 34.2 Å². The van der Waals surface area contributed by atoms with Crippen molar-refractivity contribution in [1.29, 1.82) is 0 Å². The van der Waals surface area contributed by atoms with Gasteiger partial charge in [0.25, 0.3) is 23.1 Å². The maximum absolute atomic E-state index is 12.6. The van der Waals surface area contributed by atoms with Crippen LogP contribution in [0.2, 0.25) is 5.02 Å². The number of thiazole rings is 1. The summed E-state index contributed by atoms with van der Waals surface area (Å²) >= 11 is 7.16. The Balaban J connectivity index is 1.38. The predicted molar refractivity (Wildman–Crippen MR) is 126 cm³/mol. The molecule has 3 heterocycles. The molecule has 0 aliphatic heterocycles. The minimum atomic E-state index is -0.716. The van der Waals surface area contributed by atoms with Crippen LogP contribution in [0.25, 0.3) is 27.6 Å². The Labute approximate surface area is 198 Å². The largest absolute Gasteiger partial charge is 0.306 e. The van der Waals surface area contributed by atoms with Crippen molar-refractivity contribution in [3.8, 4) is 22.6 Å². The van der Waals surface area contributed by atoms with Crippen LogP contribution in [-0.4, -0.2) is 35.4 Å². The van der Waals surface area contributed by atoms with Gasteiger partial charge in [-0.05, 0) is 36.4 Å². The summed E-state index contributed by atoms with van der Waals surface area (Å²) in [5.74, 6) is -0.417. The highest BCUT2D eigenvalue weighted by Gasteiger charge is 2.18. The zero-order valence-corrected chi connectivity index (χ0v) is 18.5. The second-order valence-corrected chi connectivity index (χ2v) is 8.26. The highest BCUT2D eigenvalue weighted by Crippen LogP contribution is 2.27. The summed E-state index contributed by atoms with van der Waals surface area (Å²) in [4.78, 5) is 47.0. The number of carbonyl (C=O) groups is 1. The SMILES string of the molecule is O=C(Nc1nc2scc(-c3ccc([N+](=O)[O-])cc3)n2n1)c1cnc(-c2ccc(Cl)cc2)[nH]c1=O. The van der Waals surface area contributed by atoms with E-state index in [1.54, 1.807) is 41.8 Å². The molecular weight excluding hydrogens is 482 g/mol. The molecule has 0 fully saturated rings. The molecule has 168 valence electrons. The van der Waals surface area contributed by atoms with Gasteiger partial charge in [0, 0.05) is 39.9 Å². The van der Waals surface area contributed by atoms with Crippen LogP contribution in [-0.2, 0) is 0 Å². The number of nitrogens with zero attached hydrogens (tertiary/aromatic N) is 5. The molecule has 5 rings (SSSR count). The predicted octanol–water partition coefficient (Wildman–Crippen LogP) is 4.02. The number of hydrogen-bond acceptors (Lipinski definition) is 8. The molecule has 0 saturated carbocycles. The molecule has 0 saturated heterocycles. The molecule has 0 unspecified atom stereocenters. The Morgan fingerprint density at radius 3 is 2.50 bits per heavy atom. The Kier molecular flexibility index (Phi) is 5.36. The minimum Gasteiger partial charge on any atom is -0.306 e. The average molecular weight is 494 g/mol. The third-order valence-electron chi connectivity index (χ3n) is 4.84. The molecule has 0 bridgehead atoms. The number of amides is 1. The summed E-state index contributed by atoms with van der Waals surface area (Å²) in [6, 6.07) is 12.7. The fourth-order valence-electron chi connectivity index (χ4n) is 3.17. The molecule has 3 aromatic heterocycles. The monoisotopic (exact) mass is 493 g/mol. The van der Waals surface area contributed by atoms with E-state index in [2.05, 4.69) is 25.4 Å². The molecule has 0 aliphatic carbocycles. The van der Waals surface area contributed by atoms with E-state index in [9.17, 15) is 19.7 Å². The maximum atomic E-state index is 12.6. The van der Waals surface area contributed by atoms with Crippen LogP contribution in [0.1, 0.15) is 10.4 Å². The molecular formula is C21H12ClN7O4S. The quantitative estimate of drug-likeness (QED) is 0.277. The van der Waals surface area contributed by atoms with Gasteiger partial charge in [0.1, 0.15) is 11.4 Å². The number of H-pyrrole nitrogens is 1. The molecule has 0 aliphatic rings. The lowest BCUT2D eigenvalue weighted by atomic mass is 10.1. The summed E-state index contributed by atoms with van der Waals surface area (Å²) in [7, 11) is 0. The molecule has 5 aromatic rings. The van der Waals surface area contributed by atoms with Crippen LogP contribution in [0, 0.1) is 10.1 Å². The van der Waals surface area contributed by atoms with Gasteiger partial charge in [-0.1, -0.05) is 11.6 Å². The molecule has 34 heavy (non-hydrogen) atoms. The van der Waals surface area contributed by atoms with Crippen molar-refractivity contribution in [2.24, 2.45) is 0 Å². The number of nitrogens with one attached hydrogen (secondary N) is 2. The Morgan fingerprint density at radius 2 is 1.82 bits per heavy atom. The second-order valence-electron chi connectivity index (χ2n) is 6.99. The van der Waals surface area contributed by atoms with Crippen molar-refractivity contribution in [3.05, 3.63) is 91.2 Å². The number of fused-ring (bicyclic) bond motifs is 1. The molecule has 11 nitrogen and oxygen atoms in total. The van der Waals surface area contributed by atoms with Crippen molar-refractivity contribution in [2.75, 3.05) is 5.32 Å². The van der Waals surface area contributed by atoms with Gasteiger partial charge in [-0.2, -0.15) is 4.98 Å². The number of aromatic nitrogens is 5. The molecule has 0 atom stereocenters. The van der Waals surface area contributed by atoms with Crippen LogP contribution >= 0.6 is 22.9 Å². The number of benzene rings is 2. The van der Waals surface area contributed by atoms with Gasteiger partial charge in [0.2, 0.25) is 4.96 Å². The number of nitro benzene ring substituents is 1. The molecule has 0 radical (unpaired) electrons. The normalized spacial score (nSPS) is 11.0. The van der Waals surface area contributed by atoms with E-state index in [0.29, 0.717) is 32.6 Å². The van der Waals surface area contributed by atoms with E-state index in [0.717, 1.165) is 0 Å². The van der Waals surface area contributed by atoms with Gasteiger partial charge < -0.3 is 4.98 Å². The van der Waals surface area contributed by atoms with Crippen molar-refractivity contribution in [2.45, 2.75) is 0 Å². The number of anilines is 1. The van der Waals surface area contributed by atoms with E-state index in [-0.39, 0.29) is 17.2 Å². The van der Waals surface area contributed by atoms with E-state index >= 15 is 0 Å². The van der Waals surface area contributed by atoms with Crippen LogP contribution < -0.4 is 10.9 Å². The van der Waals surface area contributed by atoms with Crippen molar-refractivity contribution < 1.29 is 9.72 Å². The third kappa shape index (κ3) is 4.02. The van der Waals surface area contributed by atoms with Gasteiger partial charge in [-0.15, -0.1) is 16.4 Å². The number of halogens is 1. The number of nitro groups is 1. The average Bonchev–Trinajstić information content (AvgIpc) is 3.39. The number of aromatic amines is 1. The fraction of sp³-hybridized carbons (Fsp3) is 0. The number of rotatable bonds is 5. The van der Waals surface area contributed by atoms with E-state index in [4.69, 9.17) is 11.6 Å². The summed E-state index contributed by atoms with van der Waals surface area (Å²) in [6.45, 7) is 0. The third-order valence-corrected chi connectivity index (χ3v) is 5.91. The lowest BCUT2D eigenvalue weighted by Gasteiger charge is -2.03. The van der Waals surface area contributed by atoms with Crippen LogP contribution in [0.15, 0.2) is 64.9 Å². The van der Waals surface area contributed by atoms with Gasteiger partial charge in [-0.3, -0.25) is 25.0 Å². The summed E-state index contributed by atoms with van der Waals surface area (Å²) in [5.41, 5.74) is 1.13. The van der Waals surface area contributed by atoms with Crippen molar-refractivity contribution in [1.82, 2.24) is 24.6 Å². The molecule has 1 amide bonds. The van der Waals surface area contributed by atoms with Crippen LogP contribution in [0.5, 0.6) is 0 Å². The van der Waals surface area contributed by atoms with Gasteiger partial charge in [0.05, 0.1) is 10.6 Å². The van der Waals surface area contributed by atoms with Crippen LogP contribution in [0.4, 0.5) is 11.6 Å². The highest BCUT2D eigenvalue weighted by molar-refractivity contribution is 7.15. The summed E-state index contributed by atoms with van der Waals surface area (Å²) < 4.78 is 1.51. The number of carbonyl (C=O) groups excluding carboxylic acids is 1. The van der Waals surface area contributed by atoms with E-state index in [1.807, 2.05) is 0 Å². The molecule has 13 heteroatoms. The summed E-state index contributed by atoms with van der Waals surface area (Å²) in [5, 5.41) is 20.0. The Bertz CT molecular complexity index is 1610. The minimum absolute atomic E-state index is 0.00110. The number of non-ortho nitro benzene ring substituents is 1. The molecule has 2 N–H and O–H groups in total. The highest BCUT2D eigenvalue weighted by atomic mass is 35.5. The smallest absolute Gasteiger partial charge is 0.269 e. The van der Waals surface area contributed by atoms with Gasteiger partial charge in [-0.25, -0.2) is 9.50 Å². The van der Waals surface area contributed by atoms with E-state index < -0.39 is 16.4 Å². The first-order valence-electron chi connectivity index (χ1n) is 9.65. The topological polar surface area (TPSA) is 148 Å². The lowest BCUT2D eigenvalue weighted by molar-refractivity contribution is -0.384. The molecule has 0 spiro atoms. The lowest BCUT2D eigenvalue weighted by Crippen LogP contribution is -2.24. The van der Waals surface area contributed by atoms with Crippen molar-refractivity contribution in [3.63, 3.8) is 0 Å². The molecule has 2 aromatic carbocycles. The second kappa shape index (κ2) is 8.50. The van der Waals surface area contributed by atoms with Crippen molar-refractivity contribution >= 4 is 45.4 Å². The fourth-order valence-corrected chi connectivity index (χ4v) is 4.12. The maximum Gasteiger partial charge on any atom is 0.269 e.